The Hall–Kier alpha value is -3.66. The number of rotatable bonds is 6. The number of benzene rings is 1. The fourth-order valence-corrected chi connectivity index (χ4v) is 2.32. The maximum atomic E-state index is 12.1. The first kappa shape index (κ1) is 17.2. The number of carbonyl (C=O) groups excluding carboxylic acids is 2. The monoisotopic (exact) mass is 340 g/mol. The SMILES string of the molecule is O=C(/C=C/c1cccc(/C=C/C(=O)c2cccnc2)c1)c1cccnc1. The van der Waals surface area contributed by atoms with Gasteiger partial charge in [-0.05, 0) is 53.6 Å². The van der Waals surface area contributed by atoms with Crippen LogP contribution in [0.3, 0.4) is 0 Å². The van der Waals surface area contributed by atoms with Crippen LogP contribution < -0.4 is 0 Å². The quantitative estimate of drug-likeness (QED) is 0.497. The third kappa shape index (κ3) is 4.68. The topological polar surface area (TPSA) is 59.9 Å². The Bertz CT molecular complexity index is 885. The number of hydrogen-bond donors (Lipinski definition) is 0. The van der Waals surface area contributed by atoms with E-state index in [2.05, 4.69) is 9.97 Å². The molecule has 0 saturated heterocycles. The molecule has 0 aliphatic rings. The molecule has 0 spiro atoms. The van der Waals surface area contributed by atoms with E-state index in [4.69, 9.17) is 0 Å². The van der Waals surface area contributed by atoms with Crippen LogP contribution >= 0.6 is 0 Å². The molecule has 0 fully saturated rings. The summed E-state index contributed by atoms with van der Waals surface area (Å²) in [7, 11) is 0. The highest BCUT2D eigenvalue weighted by Gasteiger charge is 2.02. The highest BCUT2D eigenvalue weighted by Crippen LogP contribution is 2.11. The van der Waals surface area contributed by atoms with Crippen molar-refractivity contribution in [2.45, 2.75) is 0 Å². The number of nitrogens with zero attached hydrogens (tertiary/aromatic N) is 2. The van der Waals surface area contributed by atoms with E-state index in [0.29, 0.717) is 11.1 Å². The molecular formula is C22H16N2O2. The molecule has 2 heterocycles. The molecule has 0 aliphatic carbocycles. The van der Waals surface area contributed by atoms with Crippen LogP contribution in [0.2, 0.25) is 0 Å². The minimum Gasteiger partial charge on any atom is -0.289 e. The Morgan fingerprint density at radius 3 is 1.62 bits per heavy atom. The molecule has 0 bridgehead atoms. The van der Waals surface area contributed by atoms with E-state index in [1.165, 1.54) is 24.5 Å². The van der Waals surface area contributed by atoms with Gasteiger partial charge in [-0.3, -0.25) is 19.6 Å². The summed E-state index contributed by atoms with van der Waals surface area (Å²) in [5.41, 5.74) is 2.83. The van der Waals surface area contributed by atoms with E-state index in [-0.39, 0.29) is 11.6 Å². The number of carbonyl (C=O) groups is 2. The second kappa shape index (κ2) is 8.44. The number of aromatic nitrogens is 2. The summed E-state index contributed by atoms with van der Waals surface area (Å²) in [6.45, 7) is 0. The highest BCUT2D eigenvalue weighted by molar-refractivity contribution is 6.07. The van der Waals surface area contributed by atoms with Gasteiger partial charge in [0, 0.05) is 35.9 Å². The summed E-state index contributed by atoms with van der Waals surface area (Å²) in [5, 5.41) is 0. The summed E-state index contributed by atoms with van der Waals surface area (Å²) >= 11 is 0. The zero-order valence-electron chi connectivity index (χ0n) is 13.9. The van der Waals surface area contributed by atoms with Crippen molar-refractivity contribution in [1.29, 1.82) is 0 Å². The van der Waals surface area contributed by atoms with Crippen molar-refractivity contribution < 1.29 is 9.59 Å². The summed E-state index contributed by atoms with van der Waals surface area (Å²) in [6.07, 6.45) is 12.9. The van der Waals surface area contributed by atoms with E-state index in [0.717, 1.165) is 11.1 Å². The van der Waals surface area contributed by atoms with Crippen molar-refractivity contribution in [3.8, 4) is 0 Å². The van der Waals surface area contributed by atoms with Gasteiger partial charge in [0.05, 0.1) is 0 Å². The molecule has 1 aromatic carbocycles. The molecule has 0 atom stereocenters. The van der Waals surface area contributed by atoms with E-state index < -0.39 is 0 Å². The van der Waals surface area contributed by atoms with Crippen LogP contribution in [0, 0.1) is 0 Å². The van der Waals surface area contributed by atoms with Crippen molar-refractivity contribution in [1.82, 2.24) is 9.97 Å². The number of ketones is 2. The lowest BCUT2D eigenvalue weighted by Crippen LogP contribution is -1.94. The molecular weight excluding hydrogens is 324 g/mol. The minimum atomic E-state index is -0.106. The van der Waals surface area contributed by atoms with E-state index in [9.17, 15) is 9.59 Å². The first-order chi connectivity index (χ1) is 12.7. The molecule has 0 saturated carbocycles. The Balaban J connectivity index is 1.70. The average molecular weight is 340 g/mol. The Kier molecular flexibility index (Phi) is 5.58. The maximum absolute atomic E-state index is 12.1. The molecule has 26 heavy (non-hydrogen) atoms. The standard InChI is InChI=1S/C22H16N2O2/c25-21(19-6-2-12-23-15-19)10-8-17-4-1-5-18(14-17)9-11-22(26)20-7-3-13-24-16-20/h1-16H/b10-8+,11-9+. The molecule has 4 nitrogen and oxygen atoms in total. The Labute approximate surface area is 151 Å². The van der Waals surface area contributed by atoms with Crippen LogP contribution in [0.4, 0.5) is 0 Å². The fraction of sp³-hybridized carbons (Fsp3) is 0. The van der Waals surface area contributed by atoms with Gasteiger partial charge in [-0.15, -0.1) is 0 Å². The van der Waals surface area contributed by atoms with Crippen LogP contribution in [-0.2, 0) is 0 Å². The summed E-state index contributed by atoms with van der Waals surface area (Å²) < 4.78 is 0. The summed E-state index contributed by atoms with van der Waals surface area (Å²) in [5.74, 6) is -0.211. The summed E-state index contributed by atoms with van der Waals surface area (Å²) in [4.78, 5) is 32.0. The fourth-order valence-electron chi connectivity index (χ4n) is 2.32. The van der Waals surface area contributed by atoms with Gasteiger partial charge in [-0.25, -0.2) is 0 Å². The molecule has 3 aromatic rings. The average Bonchev–Trinajstić information content (AvgIpc) is 2.72. The van der Waals surface area contributed by atoms with Gasteiger partial charge in [-0.1, -0.05) is 30.4 Å². The van der Waals surface area contributed by atoms with E-state index in [1.807, 2.05) is 24.3 Å². The first-order valence-corrected chi connectivity index (χ1v) is 8.07. The van der Waals surface area contributed by atoms with Gasteiger partial charge < -0.3 is 0 Å². The predicted octanol–water partition coefficient (Wildman–Crippen LogP) is 4.27. The van der Waals surface area contributed by atoms with Gasteiger partial charge >= 0.3 is 0 Å². The first-order valence-electron chi connectivity index (χ1n) is 8.07. The molecule has 4 heteroatoms. The lowest BCUT2D eigenvalue weighted by Gasteiger charge is -1.98. The smallest absolute Gasteiger partial charge is 0.187 e. The molecule has 0 aliphatic heterocycles. The van der Waals surface area contributed by atoms with Gasteiger partial charge in [-0.2, -0.15) is 0 Å². The van der Waals surface area contributed by atoms with Gasteiger partial charge in [0.15, 0.2) is 11.6 Å². The summed E-state index contributed by atoms with van der Waals surface area (Å²) in [6, 6.07) is 14.5. The van der Waals surface area contributed by atoms with Crippen LogP contribution in [0.5, 0.6) is 0 Å². The lowest BCUT2D eigenvalue weighted by molar-refractivity contribution is 0.103. The zero-order valence-corrected chi connectivity index (χ0v) is 13.9. The highest BCUT2D eigenvalue weighted by atomic mass is 16.1. The second-order valence-corrected chi connectivity index (χ2v) is 5.55. The van der Waals surface area contributed by atoms with Crippen molar-refractivity contribution in [3.63, 3.8) is 0 Å². The molecule has 3 rings (SSSR count). The minimum absolute atomic E-state index is 0.106. The Morgan fingerprint density at radius 2 is 1.19 bits per heavy atom. The second-order valence-electron chi connectivity index (χ2n) is 5.55. The molecule has 0 amide bonds. The van der Waals surface area contributed by atoms with Gasteiger partial charge in [0.1, 0.15) is 0 Å². The maximum Gasteiger partial charge on any atom is 0.187 e. The lowest BCUT2D eigenvalue weighted by atomic mass is 10.1. The van der Waals surface area contributed by atoms with Crippen molar-refractivity contribution in [2.75, 3.05) is 0 Å². The van der Waals surface area contributed by atoms with Crippen LogP contribution in [0.25, 0.3) is 12.2 Å². The van der Waals surface area contributed by atoms with Crippen LogP contribution in [-0.4, -0.2) is 21.5 Å². The predicted molar refractivity (Wildman–Crippen MR) is 102 cm³/mol. The molecule has 0 radical (unpaired) electrons. The number of allylic oxidation sites excluding steroid dienone is 2. The third-order valence-electron chi connectivity index (χ3n) is 3.66. The van der Waals surface area contributed by atoms with Gasteiger partial charge in [0.25, 0.3) is 0 Å². The Morgan fingerprint density at radius 1 is 0.692 bits per heavy atom. The number of hydrogen-bond acceptors (Lipinski definition) is 4. The normalized spacial score (nSPS) is 11.1. The van der Waals surface area contributed by atoms with E-state index >= 15 is 0 Å². The zero-order chi connectivity index (χ0) is 18.2. The van der Waals surface area contributed by atoms with Crippen LogP contribution in [0.15, 0.2) is 85.5 Å². The van der Waals surface area contributed by atoms with Gasteiger partial charge in [0.2, 0.25) is 0 Å². The largest absolute Gasteiger partial charge is 0.289 e. The molecule has 0 N–H and O–H groups in total. The van der Waals surface area contributed by atoms with Crippen molar-refractivity contribution in [3.05, 3.63) is 108 Å². The van der Waals surface area contributed by atoms with Crippen molar-refractivity contribution in [2.24, 2.45) is 0 Å². The van der Waals surface area contributed by atoms with Crippen LogP contribution in [0.1, 0.15) is 31.8 Å². The van der Waals surface area contributed by atoms with E-state index in [1.54, 1.807) is 48.8 Å². The molecule has 0 unspecified atom stereocenters. The third-order valence-corrected chi connectivity index (χ3v) is 3.66. The molecule has 126 valence electrons. The van der Waals surface area contributed by atoms with Crippen molar-refractivity contribution >= 4 is 23.7 Å². The molecule has 2 aromatic heterocycles. The number of pyridine rings is 2.